The Labute approximate surface area is 127 Å². The van der Waals surface area contributed by atoms with E-state index >= 15 is 0 Å². The molecule has 3 heteroatoms. The van der Waals surface area contributed by atoms with E-state index in [0.29, 0.717) is 0 Å². The maximum absolute atomic E-state index is 5.86. The molecule has 1 aromatic carbocycles. The van der Waals surface area contributed by atoms with Gasteiger partial charge in [-0.3, -0.25) is 0 Å². The third-order valence-corrected chi connectivity index (χ3v) is 3.79. The normalized spacial score (nSPS) is 11.1. The molecule has 0 saturated carbocycles. The lowest BCUT2D eigenvalue weighted by Crippen LogP contribution is -2.14. The van der Waals surface area contributed by atoms with Gasteiger partial charge in [0, 0.05) is 5.39 Å². The standard InChI is InChI=1S/C18H27NO2/c1-3-4-5-6-7-8-12-19-14-16-13-15-10-9-11-17(20-2)18(15)21-16/h9-11,13,19H,3-8,12,14H2,1-2H3. The monoisotopic (exact) mass is 289 g/mol. The minimum atomic E-state index is 0.785. The molecule has 1 aromatic heterocycles. The van der Waals surface area contributed by atoms with E-state index in [0.717, 1.165) is 35.6 Å². The highest BCUT2D eigenvalue weighted by Gasteiger charge is 2.07. The van der Waals surface area contributed by atoms with Crippen LogP contribution in [0.3, 0.4) is 0 Å². The average Bonchev–Trinajstić information content (AvgIpc) is 2.92. The van der Waals surface area contributed by atoms with Crippen molar-refractivity contribution in [1.82, 2.24) is 5.32 Å². The lowest BCUT2D eigenvalue weighted by atomic mass is 10.1. The molecule has 3 nitrogen and oxygen atoms in total. The van der Waals surface area contributed by atoms with E-state index in [9.17, 15) is 0 Å². The summed E-state index contributed by atoms with van der Waals surface area (Å²) >= 11 is 0. The number of para-hydroxylation sites is 1. The van der Waals surface area contributed by atoms with Gasteiger partial charge in [0.1, 0.15) is 5.76 Å². The molecule has 116 valence electrons. The molecule has 0 atom stereocenters. The van der Waals surface area contributed by atoms with Crippen molar-refractivity contribution in [3.05, 3.63) is 30.0 Å². The van der Waals surface area contributed by atoms with Gasteiger partial charge < -0.3 is 14.5 Å². The van der Waals surface area contributed by atoms with Crippen molar-refractivity contribution in [3.63, 3.8) is 0 Å². The molecule has 0 amide bonds. The molecule has 0 unspecified atom stereocenters. The molecule has 0 bridgehead atoms. The largest absolute Gasteiger partial charge is 0.493 e. The molecule has 0 saturated heterocycles. The van der Waals surface area contributed by atoms with Crippen LogP contribution in [0.15, 0.2) is 28.7 Å². The third-order valence-electron chi connectivity index (χ3n) is 3.79. The fourth-order valence-corrected chi connectivity index (χ4v) is 2.58. The fraction of sp³-hybridized carbons (Fsp3) is 0.556. The quantitative estimate of drug-likeness (QED) is 0.632. The van der Waals surface area contributed by atoms with Gasteiger partial charge in [-0.25, -0.2) is 0 Å². The van der Waals surface area contributed by atoms with E-state index in [4.69, 9.17) is 9.15 Å². The maximum atomic E-state index is 5.86. The highest BCUT2D eigenvalue weighted by Crippen LogP contribution is 2.28. The molecule has 0 spiro atoms. The molecule has 0 aliphatic carbocycles. The molecular formula is C18H27NO2. The van der Waals surface area contributed by atoms with Crippen LogP contribution in [0.25, 0.3) is 11.0 Å². The van der Waals surface area contributed by atoms with Crippen LogP contribution < -0.4 is 10.1 Å². The first-order chi connectivity index (χ1) is 10.3. The molecular weight excluding hydrogens is 262 g/mol. The summed E-state index contributed by atoms with van der Waals surface area (Å²) in [7, 11) is 1.67. The number of nitrogens with one attached hydrogen (secondary N) is 1. The van der Waals surface area contributed by atoms with Crippen LogP contribution in [0, 0.1) is 0 Å². The van der Waals surface area contributed by atoms with Gasteiger partial charge in [0.15, 0.2) is 11.3 Å². The topological polar surface area (TPSA) is 34.4 Å². The first-order valence-corrected chi connectivity index (χ1v) is 8.11. The summed E-state index contributed by atoms with van der Waals surface area (Å²) in [5.41, 5.74) is 0.844. The summed E-state index contributed by atoms with van der Waals surface area (Å²) in [6.07, 6.45) is 7.98. The Morgan fingerprint density at radius 3 is 2.71 bits per heavy atom. The van der Waals surface area contributed by atoms with E-state index in [-0.39, 0.29) is 0 Å². The summed E-state index contributed by atoms with van der Waals surface area (Å²) in [6.45, 7) is 4.09. The van der Waals surface area contributed by atoms with Gasteiger partial charge in [-0.15, -0.1) is 0 Å². The smallest absolute Gasteiger partial charge is 0.176 e. The minimum Gasteiger partial charge on any atom is -0.493 e. The number of ether oxygens (including phenoxy) is 1. The lowest BCUT2D eigenvalue weighted by molar-refractivity contribution is 0.406. The molecule has 2 rings (SSSR count). The Hall–Kier alpha value is -1.48. The molecule has 2 aromatic rings. The van der Waals surface area contributed by atoms with E-state index in [1.54, 1.807) is 7.11 Å². The Kier molecular flexibility index (Phi) is 6.61. The van der Waals surface area contributed by atoms with Gasteiger partial charge in [0.05, 0.1) is 13.7 Å². The molecule has 21 heavy (non-hydrogen) atoms. The molecule has 1 heterocycles. The first-order valence-electron chi connectivity index (χ1n) is 8.11. The van der Waals surface area contributed by atoms with Gasteiger partial charge >= 0.3 is 0 Å². The Morgan fingerprint density at radius 2 is 1.90 bits per heavy atom. The van der Waals surface area contributed by atoms with Crippen LogP contribution >= 0.6 is 0 Å². The number of unbranched alkanes of at least 4 members (excludes halogenated alkanes) is 5. The number of hydrogen-bond donors (Lipinski definition) is 1. The first kappa shape index (κ1) is 15.9. The third kappa shape index (κ3) is 4.78. The van der Waals surface area contributed by atoms with Crippen molar-refractivity contribution in [3.8, 4) is 5.75 Å². The zero-order valence-corrected chi connectivity index (χ0v) is 13.3. The van der Waals surface area contributed by atoms with Crippen LogP contribution in [0.4, 0.5) is 0 Å². The zero-order chi connectivity index (χ0) is 14.9. The van der Waals surface area contributed by atoms with Crippen molar-refractivity contribution in [1.29, 1.82) is 0 Å². The summed E-state index contributed by atoms with van der Waals surface area (Å²) < 4.78 is 11.2. The number of hydrogen-bond acceptors (Lipinski definition) is 3. The van der Waals surface area contributed by atoms with Crippen molar-refractivity contribution in [2.45, 2.75) is 52.0 Å². The summed E-state index contributed by atoms with van der Waals surface area (Å²) in [5.74, 6) is 1.77. The van der Waals surface area contributed by atoms with Crippen LogP contribution in [0.2, 0.25) is 0 Å². The molecule has 0 radical (unpaired) electrons. The van der Waals surface area contributed by atoms with E-state index in [2.05, 4.69) is 24.4 Å². The maximum Gasteiger partial charge on any atom is 0.176 e. The summed E-state index contributed by atoms with van der Waals surface area (Å²) in [6, 6.07) is 8.06. The molecule has 1 N–H and O–H groups in total. The SMILES string of the molecule is CCCCCCCCNCc1cc2cccc(OC)c2o1. The van der Waals surface area contributed by atoms with Crippen molar-refractivity contribution < 1.29 is 9.15 Å². The van der Waals surface area contributed by atoms with Crippen LogP contribution in [-0.2, 0) is 6.54 Å². The minimum absolute atomic E-state index is 0.785. The summed E-state index contributed by atoms with van der Waals surface area (Å²) in [4.78, 5) is 0. The number of furan rings is 1. The van der Waals surface area contributed by atoms with Crippen LogP contribution in [0.5, 0.6) is 5.75 Å². The van der Waals surface area contributed by atoms with Gasteiger partial charge in [0.25, 0.3) is 0 Å². The fourth-order valence-electron chi connectivity index (χ4n) is 2.58. The van der Waals surface area contributed by atoms with E-state index < -0.39 is 0 Å². The number of benzene rings is 1. The number of methoxy groups -OCH3 is 1. The summed E-state index contributed by atoms with van der Waals surface area (Å²) in [5, 5.41) is 4.56. The Morgan fingerprint density at radius 1 is 1.10 bits per heavy atom. The van der Waals surface area contributed by atoms with Crippen molar-refractivity contribution >= 4 is 11.0 Å². The number of rotatable bonds is 10. The Balaban J connectivity index is 1.71. The van der Waals surface area contributed by atoms with Gasteiger partial charge in [-0.1, -0.05) is 51.2 Å². The average molecular weight is 289 g/mol. The van der Waals surface area contributed by atoms with Gasteiger partial charge in [0.2, 0.25) is 0 Å². The van der Waals surface area contributed by atoms with Gasteiger partial charge in [-0.05, 0) is 25.1 Å². The lowest BCUT2D eigenvalue weighted by Gasteiger charge is -2.03. The highest BCUT2D eigenvalue weighted by atomic mass is 16.5. The van der Waals surface area contributed by atoms with Gasteiger partial charge in [-0.2, -0.15) is 0 Å². The Bertz CT molecular complexity index is 533. The zero-order valence-electron chi connectivity index (χ0n) is 13.3. The number of fused-ring (bicyclic) bond motifs is 1. The molecule has 0 fully saturated rings. The highest BCUT2D eigenvalue weighted by molar-refractivity contribution is 5.83. The predicted molar refractivity (Wildman–Crippen MR) is 87.8 cm³/mol. The van der Waals surface area contributed by atoms with Crippen LogP contribution in [0.1, 0.15) is 51.2 Å². The van der Waals surface area contributed by atoms with Crippen molar-refractivity contribution in [2.75, 3.05) is 13.7 Å². The second-order valence-corrected chi connectivity index (χ2v) is 5.54. The molecule has 0 aliphatic rings. The second-order valence-electron chi connectivity index (χ2n) is 5.54. The van der Waals surface area contributed by atoms with Crippen LogP contribution in [-0.4, -0.2) is 13.7 Å². The predicted octanol–water partition coefficient (Wildman–Crippen LogP) is 4.89. The van der Waals surface area contributed by atoms with E-state index in [1.165, 1.54) is 38.5 Å². The molecule has 0 aliphatic heterocycles. The second kappa shape index (κ2) is 8.73. The van der Waals surface area contributed by atoms with Crippen molar-refractivity contribution in [2.24, 2.45) is 0 Å². The van der Waals surface area contributed by atoms with E-state index in [1.807, 2.05) is 12.1 Å².